The zero-order valence-electron chi connectivity index (χ0n) is 17.4. The summed E-state index contributed by atoms with van der Waals surface area (Å²) in [7, 11) is 1.76. The molecule has 2 aromatic carbocycles. The summed E-state index contributed by atoms with van der Waals surface area (Å²) in [5, 5.41) is 3.59. The molecule has 0 fully saturated rings. The van der Waals surface area contributed by atoms with Gasteiger partial charge in [-0.1, -0.05) is 11.6 Å². The number of halogens is 2. The number of nitrogens with one attached hydrogen (secondary N) is 1. The smallest absolute Gasteiger partial charge is 0.322 e. The largest absolute Gasteiger partial charge is 0.423 e. The van der Waals surface area contributed by atoms with Gasteiger partial charge in [-0.2, -0.15) is 9.97 Å². The molecule has 4 aromatic rings. The van der Waals surface area contributed by atoms with Gasteiger partial charge in [-0.15, -0.1) is 0 Å². The summed E-state index contributed by atoms with van der Waals surface area (Å²) < 4.78 is 20.3. The summed E-state index contributed by atoms with van der Waals surface area (Å²) >= 11 is 6.11. The van der Waals surface area contributed by atoms with Crippen molar-refractivity contribution in [3.63, 3.8) is 0 Å². The van der Waals surface area contributed by atoms with Crippen LogP contribution in [0, 0.1) is 12.7 Å². The molecule has 0 saturated heterocycles. The molecule has 6 nitrogen and oxygen atoms in total. The molecule has 0 spiro atoms. The first kappa shape index (κ1) is 20.2. The van der Waals surface area contributed by atoms with E-state index in [2.05, 4.69) is 20.3 Å². The predicted molar refractivity (Wildman–Crippen MR) is 124 cm³/mol. The lowest BCUT2D eigenvalue weighted by Gasteiger charge is -2.14. The Kier molecular flexibility index (Phi) is 4.90. The molecule has 0 radical (unpaired) electrons. The number of aromatic nitrogens is 3. The van der Waals surface area contributed by atoms with Crippen LogP contribution in [0.3, 0.4) is 0 Å². The highest BCUT2D eigenvalue weighted by Crippen LogP contribution is 2.46. The Morgan fingerprint density at radius 3 is 2.66 bits per heavy atom. The fraction of sp³-hybridized carbons (Fsp3) is 0.125. The molecule has 0 saturated carbocycles. The van der Waals surface area contributed by atoms with E-state index in [1.807, 2.05) is 13.0 Å². The number of ether oxygens (including phenoxy) is 1. The van der Waals surface area contributed by atoms with Crippen molar-refractivity contribution in [2.24, 2.45) is 0 Å². The summed E-state index contributed by atoms with van der Waals surface area (Å²) in [5.41, 5.74) is 12.7. The van der Waals surface area contributed by atoms with Gasteiger partial charge < -0.3 is 15.8 Å². The Bertz CT molecular complexity index is 1360. The molecule has 0 unspecified atom stereocenters. The lowest BCUT2D eigenvalue weighted by atomic mass is 9.99. The SMILES string of the molecule is CNc1cc(F)cc2c1Cc1nc(Oc3ccc(C)nc3)nc(-c3ccc(Cl)cc3N)c1-2. The number of fused-ring (bicyclic) bond motifs is 3. The van der Waals surface area contributed by atoms with E-state index < -0.39 is 0 Å². The quantitative estimate of drug-likeness (QED) is 0.347. The molecule has 5 rings (SSSR count). The molecule has 0 atom stereocenters. The van der Waals surface area contributed by atoms with Gasteiger partial charge in [0, 0.05) is 46.7 Å². The van der Waals surface area contributed by atoms with Crippen LogP contribution in [0.25, 0.3) is 22.4 Å². The molecule has 0 bridgehead atoms. The second-order valence-electron chi connectivity index (χ2n) is 7.55. The van der Waals surface area contributed by atoms with Gasteiger partial charge in [0.05, 0.1) is 17.6 Å². The van der Waals surface area contributed by atoms with Gasteiger partial charge in [0.1, 0.15) is 11.6 Å². The maximum absolute atomic E-state index is 14.4. The monoisotopic (exact) mass is 447 g/mol. The second kappa shape index (κ2) is 7.76. The zero-order chi connectivity index (χ0) is 22.4. The predicted octanol–water partition coefficient (Wildman–Crippen LogP) is 5.63. The van der Waals surface area contributed by atoms with Crippen LogP contribution in [0.1, 0.15) is 17.0 Å². The number of anilines is 2. The van der Waals surface area contributed by atoms with Crippen LogP contribution in [0.5, 0.6) is 11.8 Å². The maximum atomic E-state index is 14.4. The Morgan fingerprint density at radius 1 is 1.09 bits per heavy atom. The van der Waals surface area contributed by atoms with Gasteiger partial charge in [-0.3, -0.25) is 4.98 Å². The molecule has 1 aliphatic rings. The first-order valence-corrected chi connectivity index (χ1v) is 10.4. The molecule has 3 N–H and O–H groups in total. The minimum absolute atomic E-state index is 0.165. The van der Waals surface area contributed by atoms with E-state index in [4.69, 9.17) is 22.1 Å². The topological polar surface area (TPSA) is 86.0 Å². The standard InChI is InChI=1S/C24H19ClFN5O/c1-12-3-5-15(11-29-12)32-24-30-21-10-17-18(8-14(26)9-20(17)28-2)22(21)23(31-24)16-6-4-13(25)7-19(16)27/h3-9,11,28H,10,27H2,1-2H3. The van der Waals surface area contributed by atoms with Crippen molar-refractivity contribution in [1.29, 1.82) is 0 Å². The molecule has 0 aliphatic heterocycles. The Hall–Kier alpha value is -3.71. The van der Waals surface area contributed by atoms with Crippen LogP contribution >= 0.6 is 11.6 Å². The number of rotatable bonds is 4. The lowest BCUT2D eigenvalue weighted by Crippen LogP contribution is -2.01. The van der Waals surface area contributed by atoms with Gasteiger partial charge in [0.15, 0.2) is 0 Å². The van der Waals surface area contributed by atoms with Crippen molar-refractivity contribution < 1.29 is 9.13 Å². The summed E-state index contributed by atoms with van der Waals surface area (Å²) in [6.07, 6.45) is 2.12. The van der Waals surface area contributed by atoms with E-state index in [0.717, 1.165) is 28.1 Å². The number of nitrogen functional groups attached to an aromatic ring is 1. The van der Waals surface area contributed by atoms with E-state index in [9.17, 15) is 4.39 Å². The van der Waals surface area contributed by atoms with E-state index in [-0.39, 0.29) is 11.8 Å². The van der Waals surface area contributed by atoms with Gasteiger partial charge in [-0.05, 0) is 60.5 Å². The molecule has 2 aromatic heterocycles. The molecule has 160 valence electrons. The average Bonchev–Trinajstić information content (AvgIpc) is 3.12. The minimum Gasteiger partial charge on any atom is -0.423 e. The number of nitrogens with two attached hydrogens (primary N) is 1. The van der Waals surface area contributed by atoms with E-state index in [0.29, 0.717) is 39.8 Å². The molecule has 1 aliphatic carbocycles. The molecular weight excluding hydrogens is 429 g/mol. The summed E-state index contributed by atoms with van der Waals surface area (Å²) in [6.45, 7) is 1.90. The number of aryl methyl sites for hydroxylation is 1. The third-order valence-electron chi connectivity index (χ3n) is 5.42. The van der Waals surface area contributed by atoms with Crippen LogP contribution < -0.4 is 15.8 Å². The van der Waals surface area contributed by atoms with Gasteiger partial charge in [0.25, 0.3) is 0 Å². The van der Waals surface area contributed by atoms with Gasteiger partial charge in [-0.25, -0.2) is 4.39 Å². The second-order valence-corrected chi connectivity index (χ2v) is 7.99. The van der Waals surface area contributed by atoms with E-state index >= 15 is 0 Å². The third kappa shape index (κ3) is 3.50. The minimum atomic E-state index is -0.345. The number of hydrogen-bond acceptors (Lipinski definition) is 6. The van der Waals surface area contributed by atoms with Crippen molar-refractivity contribution in [2.45, 2.75) is 13.3 Å². The zero-order valence-corrected chi connectivity index (χ0v) is 18.2. The van der Waals surface area contributed by atoms with Crippen molar-refractivity contribution in [3.05, 3.63) is 76.5 Å². The third-order valence-corrected chi connectivity index (χ3v) is 5.66. The molecule has 2 heterocycles. The van der Waals surface area contributed by atoms with Crippen LogP contribution in [-0.2, 0) is 6.42 Å². The van der Waals surface area contributed by atoms with Crippen LogP contribution in [0.15, 0.2) is 48.7 Å². The Balaban J connectivity index is 1.72. The number of pyridine rings is 1. The van der Waals surface area contributed by atoms with Crippen molar-refractivity contribution in [2.75, 3.05) is 18.1 Å². The van der Waals surface area contributed by atoms with Crippen molar-refractivity contribution >= 4 is 23.0 Å². The first-order chi connectivity index (χ1) is 15.4. The van der Waals surface area contributed by atoms with Crippen LogP contribution in [0.4, 0.5) is 15.8 Å². The van der Waals surface area contributed by atoms with E-state index in [1.165, 1.54) is 12.1 Å². The van der Waals surface area contributed by atoms with Gasteiger partial charge in [0.2, 0.25) is 0 Å². The highest BCUT2D eigenvalue weighted by molar-refractivity contribution is 6.31. The van der Waals surface area contributed by atoms with Crippen LogP contribution in [-0.4, -0.2) is 22.0 Å². The summed E-state index contributed by atoms with van der Waals surface area (Å²) in [6, 6.07) is 12.0. The number of benzene rings is 2. The molecule has 0 amide bonds. The molecule has 32 heavy (non-hydrogen) atoms. The summed E-state index contributed by atoms with van der Waals surface area (Å²) in [4.78, 5) is 13.6. The Labute approximate surface area is 189 Å². The maximum Gasteiger partial charge on any atom is 0.322 e. The molecular formula is C24H19ClFN5O. The number of hydrogen-bond donors (Lipinski definition) is 2. The van der Waals surface area contributed by atoms with Crippen molar-refractivity contribution in [3.8, 4) is 34.1 Å². The van der Waals surface area contributed by atoms with E-state index in [1.54, 1.807) is 37.5 Å². The summed E-state index contributed by atoms with van der Waals surface area (Å²) in [5.74, 6) is 0.171. The lowest BCUT2D eigenvalue weighted by molar-refractivity contribution is 0.439. The van der Waals surface area contributed by atoms with Crippen molar-refractivity contribution in [1.82, 2.24) is 15.0 Å². The number of nitrogens with zero attached hydrogens (tertiary/aromatic N) is 3. The average molecular weight is 448 g/mol. The first-order valence-electron chi connectivity index (χ1n) is 10.0. The van der Waals surface area contributed by atoms with Crippen LogP contribution in [0.2, 0.25) is 5.02 Å². The Morgan fingerprint density at radius 2 is 1.94 bits per heavy atom. The highest BCUT2D eigenvalue weighted by Gasteiger charge is 2.29. The highest BCUT2D eigenvalue weighted by atomic mass is 35.5. The fourth-order valence-corrected chi connectivity index (χ4v) is 4.13. The van der Waals surface area contributed by atoms with Gasteiger partial charge >= 0.3 is 6.01 Å². The molecule has 8 heteroatoms. The fourth-order valence-electron chi connectivity index (χ4n) is 3.95. The normalized spacial score (nSPS) is 11.8.